The minimum atomic E-state index is -0.0999. The molecule has 0 heterocycles. The first kappa shape index (κ1) is 10.5. The lowest BCUT2D eigenvalue weighted by molar-refractivity contribution is 0.151. The maximum Gasteiger partial charge on any atom is 0.0926 e. The van der Waals surface area contributed by atoms with E-state index >= 15 is 0 Å². The fourth-order valence-corrected chi connectivity index (χ4v) is 2.00. The van der Waals surface area contributed by atoms with Gasteiger partial charge in [0.05, 0.1) is 12.1 Å². The average molecular weight is 182 g/mol. The van der Waals surface area contributed by atoms with Crippen LogP contribution in [0.2, 0.25) is 0 Å². The molecule has 1 aliphatic carbocycles. The molecule has 3 unspecified atom stereocenters. The monoisotopic (exact) mass is 182 g/mol. The van der Waals surface area contributed by atoms with Gasteiger partial charge in [0.25, 0.3) is 0 Å². The van der Waals surface area contributed by atoms with Crippen molar-refractivity contribution < 1.29 is 5.11 Å². The third kappa shape index (κ3) is 2.98. The van der Waals surface area contributed by atoms with Crippen molar-refractivity contribution in [1.82, 2.24) is 5.32 Å². The van der Waals surface area contributed by atoms with Crippen LogP contribution in [0.3, 0.4) is 0 Å². The van der Waals surface area contributed by atoms with E-state index in [-0.39, 0.29) is 12.6 Å². The molecule has 0 spiro atoms. The Labute approximate surface area is 79.8 Å². The summed E-state index contributed by atoms with van der Waals surface area (Å²) in [7, 11) is 0. The molecule has 0 aromatic carbocycles. The standard InChI is InChI=1S/C10H18N2O/c1-8(6-11)12-10-5-3-2-4-9(10)7-13/h8-10,12-13H,2-5,7H2,1H3. The fraction of sp³-hybridized carbons (Fsp3) is 0.900. The highest BCUT2D eigenvalue weighted by Crippen LogP contribution is 2.24. The predicted octanol–water partition coefficient (Wildman–Crippen LogP) is 1.04. The lowest BCUT2D eigenvalue weighted by atomic mass is 9.85. The number of hydrogen-bond donors (Lipinski definition) is 2. The smallest absolute Gasteiger partial charge is 0.0926 e. The molecular weight excluding hydrogens is 164 g/mol. The summed E-state index contributed by atoms with van der Waals surface area (Å²) in [5.74, 6) is 0.351. The van der Waals surface area contributed by atoms with Gasteiger partial charge in [0.15, 0.2) is 0 Å². The van der Waals surface area contributed by atoms with Crippen molar-refractivity contribution in [1.29, 1.82) is 5.26 Å². The Morgan fingerprint density at radius 1 is 1.54 bits per heavy atom. The first-order valence-corrected chi connectivity index (χ1v) is 5.04. The Kier molecular flexibility index (Phi) is 4.20. The summed E-state index contributed by atoms with van der Waals surface area (Å²) in [5.41, 5.74) is 0. The molecule has 3 heteroatoms. The van der Waals surface area contributed by atoms with Crippen LogP contribution < -0.4 is 5.32 Å². The van der Waals surface area contributed by atoms with Crippen LogP contribution in [0, 0.1) is 17.2 Å². The molecule has 2 N–H and O–H groups in total. The molecule has 0 aromatic heterocycles. The molecule has 0 bridgehead atoms. The molecule has 0 aliphatic heterocycles. The number of nitriles is 1. The quantitative estimate of drug-likeness (QED) is 0.685. The Balaban J connectivity index is 2.41. The molecule has 3 atom stereocenters. The SMILES string of the molecule is CC(C#N)NC1CCCCC1CO. The van der Waals surface area contributed by atoms with Gasteiger partial charge in [-0.15, -0.1) is 0 Å². The largest absolute Gasteiger partial charge is 0.396 e. The van der Waals surface area contributed by atoms with Gasteiger partial charge in [-0.1, -0.05) is 12.8 Å². The van der Waals surface area contributed by atoms with Crippen LogP contribution in [0.25, 0.3) is 0 Å². The van der Waals surface area contributed by atoms with Crippen LogP contribution in [0.1, 0.15) is 32.6 Å². The highest BCUT2D eigenvalue weighted by molar-refractivity contribution is 4.91. The lowest BCUT2D eigenvalue weighted by Gasteiger charge is -2.31. The number of rotatable bonds is 3. The third-order valence-corrected chi connectivity index (χ3v) is 2.80. The van der Waals surface area contributed by atoms with Crippen molar-refractivity contribution in [2.45, 2.75) is 44.7 Å². The molecule has 3 nitrogen and oxygen atoms in total. The summed E-state index contributed by atoms with van der Waals surface area (Å²) >= 11 is 0. The van der Waals surface area contributed by atoms with Gasteiger partial charge in [0.1, 0.15) is 0 Å². The maximum atomic E-state index is 9.12. The van der Waals surface area contributed by atoms with Gasteiger partial charge in [0, 0.05) is 12.6 Å². The van der Waals surface area contributed by atoms with Gasteiger partial charge >= 0.3 is 0 Å². The molecule has 1 saturated carbocycles. The van der Waals surface area contributed by atoms with Gasteiger partial charge in [-0.25, -0.2) is 0 Å². The van der Waals surface area contributed by atoms with E-state index < -0.39 is 0 Å². The van der Waals surface area contributed by atoms with Gasteiger partial charge in [-0.05, 0) is 25.7 Å². The highest BCUT2D eigenvalue weighted by Gasteiger charge is 2.24. The van der Waals surface area contributed by atoms with E-state index in [0.717, 1.165) is 12.8 Å². The minimum absolute atomic E-state index is 0.0999. The lowest BCUT2D eigenvalue weighted by Crippen LogP contribution is -2.43. The molecule has 74 valence electrons. The molecule has 0 amide bonds. The second-order valence-electron chi connectivity index (χ2n) is 3.85. The average Bonchev–Trinajstić information content (AvgIpc) is 2.18. The van der Waals surface area contributed by atoms with Crippen LogP contribution in [-0.2, 0) is 0 Å². The first-order chi connectivity index (χ1) is 6.27. The van der Waals surface area contributed by atoms with E-state index in [4.69, 9.17) is 10.4 Å². The first-order valence-electron chi connectivity index (χ1n) is 5.04. The fourth-order valence-electron chi connectivity index (χ4n) is 2.00. The molecule has 1 rings (SSSR count). The van der Waals surface area contributed by atoms with E-state index in [1.165, 1.54) is 12.8 Å². The second-order valence-corrected chi connectivity index (χ2v) is 3.85. The van der Waals surface area contributed by atoms with Crippen molar-refractivity contribution in [3.8, 4) is 6.07 Å². The minimum Gasteiger partial charge on any atom is -0.396 e. The van der Waals surface area contributed by atoms with Crippen LogP contribution in [0.15, 0.2) is 0 Å². The third-order valence-electron chi connectivity index (χ3n) is 2.80. The molecule has 1 aliphatic rings. The van der Waals surface area contributed by atoms with E-state index in [9.17, 15) is 0 Å². The number of aliphatic hydroxyl groups is 1. The van der Waals surface area contributed by atoms with Crippen molar-refractivity contribution in [2.75, 3.05) is 6.61 Å². The van der Waals surface area contributed by atoms with Crippen LogP contribution in [0.4, 0.5) is 0 Å². The molecule has 0 radical (unpaired) electrons. The van der Waals surface area contributed by atoms with Crippen molar-refractivity contribution >= 4 is 0 Å². The van der Waals surface area contributed by atoms with Crippen molar-refractivity contribution in [3.63, 3.8) is 0 Å². The number of nitrogens with zero attached hydrogens (tertiary/aromatic N) is 1. The van der Waals surface area contributed by atoms with Gasteiger partial charge in [0.2, 0.25) is 0 Å². The zero-order chi connectivity index (χ0) is 9.68. The summed E-state index contributed by atoms with van der Waals surface area (Å²) in [5, 5.41) is 21.0. The highest BCUT2D eigenvalue weighted by atomic mass is 16.3. The van der Waals surface area contributed by atoms with Gasteiger partial charge in [-0.2, -0.15) is 5.26 Å². The maximum absolute atomic E-state index is 9.12. The zero-order valence-corrected chi connectivity index (χ0v) is 8.16. The van der Waals surface area contributed by atoms with Crippen LogP contribution in [-0.4, -0.2) is 23.8 Å². The number of aliphatic hydroxyl groups excluding tert-OH is 1. The topological polar surface area (TPSA) is 56.0 Å². The predicted molar refractivity (Wildman–Crippen MR) is 51.0 cm³/mol. The summed E-state index contributed by atoms with van der Waals surface area (Å²) in [4.78, 5) is 0. The second kappa shape index (κ2) is 5.21. The molecule has 0 aromatic rings. The molecular formula is C10H18N2O. The van der Waals surface area contributed by atoms with E-state index in [0.29, 0.717) is 12.0 Å². The van der Waals surface area contributed by atoms with Crippen LogP contribution >= 0.6 is 0 Å². The van der Waals surface area contributed by atoms with Gasteiger partial charge in [-0.3, -0.25) is 5.32 Å². The zero-order valence-electron chi connectivity index (χ0n) is 8.16. The molecule has 13 heavy (non-hydrogen) atoms. The van der Waals surface area contributed by atoms with Gasteiger partial charge < -0.3 is 5.11 Å². The number of hydrogen-bond acceptors (Lipinski definition) is 3. The Hall–Kier alpha value is -0.590. The van der Waals surface area contributed by atoms with E-state index in [2.05, 4.69) is 11.4 Å². The summed E-state index contributed by atoms with van der Waals surface area (Å²) in [6.45, 7) is 2.11. The summed E-state index contributed by atoms with van der Waals surface area (Å²) < 4.78 is 0. The van der Waals surface area contributed by atoms with Crippen molar-refractivity contribution in [2.24, 2.45) is 5.92 Å². The molecule has 0 saturated heterocycles. The Morgan fingerprint density at radius 3 is 2.85 bits per heavy atom. The Bertz CT molecular complexity index is 188. The molecule has 1 fully saturated rings. The van der Waals surface area contributed by atoms with E-state index in [1.54, 1.807) is 0 Å². The number of nitrogens with one attached hydrogen (secondary N) is 1. The van der Waals surface area contributed by atoms with Crippen LogP contribution in [0.5, 0.6) is 0 Å². The Morgan fingerprint density at radius 2 is 2.23 bits per heavy atom. The normalized spacial score (nSPS) is 30.8. The van der Waals surface area contributed by atoms with E-state index in [1.807, 2.05) is 6.92 Å². The van der Waals surface area contributed by atoms with Crippen molar-refractivity contribution in [3.05, 3.63) is 0 Å². The summed E-state index contributed by atoms with van der Waals surface area (Å²) in [6.07, 6.45) is 4.61. The summed E-state index contributed by atoms with van der Waals surface area (Å²) in [6, 6.07) is 2.41.